The predicted octanol–water partition coefficient (Wildman–Crippen LogP) is 1.65. The highest BCUT2D eigenvalue weighted by molar-refractivity contribution is 7.80. The molecule has 148 valence electrons. The number of likely N-dealkylation sites (tertiary alicyclic amines) is 1. The van der Waals surface area contributed by atoms with Crippen molar-refractivity contribution in [3.8, 4) is 5.75 Å². The van der Waals surface area contributed by atoms with Gasteiger partial charge in [0.15, 0.2) is 10.9 Å². The van der Waals surface area contributed by atoms with Crippen molar-refractivity contribution in [2.75, 3.05) is 25.1 Å². The normalized spacial score (nSPS) is 15.1. The smallest absolute Gasteiger partial charge is 0.288 e. The first kappa shape index (κ1) is 20.0. The summed E-state index contributed by atoms with van der Waals surface area (Å²) in [7, 11) is 2.11. The predicted molar refractivity (Wildman–Crippen MR) is 111 cm³/mol. The average molecular weight is 401 g/mol. The van der Waals surface area contributed by atoms with E-state index in [1.807, 2.05) is 13.0 Å². The topological polar surface area (TPSA) is 96.6 Å². The van der Waals surface area contributed by atoms with Gasteiger partial charge in [-0.3, -0.25) is 10.2 Å². The highest BCUT2D eigenvalue weighted by Gasteiger charge is 2.20. The minimum absolute atomic E-state index is 0.0163. The number of aryl methyl sites for hydroxylation is 1. The number of hydrogen-bond donors (Lipinski definition) is 2. The van der Waals surface area contributed by atoms with Gasteiger partial charge in [0.25, 0.3) is 5.91 Å². The van der Waals surface area contributed by atoms with Crippen LogP contribution in [0.4, 0.5) is 5.82 Å². The van der Waals surface area contributed by atoms with Crippen LogP contribution in [0.25, 0.3) is 0 Å². The average Bonchev–Trinajstić information content (AvgIpc) is 2.69. The van der Waals surface area contributed by atoms with Crippen molar-refractivity contribution in [2.45, 2.75) is 25.9 Å². The number of aromatic nitrogens is 2. The molecule has 1 aliphatic heterocycles. The van der Waals surface area contributed by atoms with Crippen molar-refractivity contribution in [1.82, 2.24) is 20.3 Å². The summed E-state index contributed by atoms with van der Waals surface area (Å²) in [6.07, 6.45) is 5.29. The molecule has 3 rings (SSSR count). The molecule has 1 fully saturated rings. The van der Waals surface area contributed by atoms with Crippen LogP contribution in [-0.4, -0.2) is 52.1 Å². The number of anilines is 1. The highest BCUT2D eigenvalue weighted by atomic mass is 32.1. The maximum absolute atomic E-state index is 12.6. The third-order valence-corrected chi connectivity index (χ3v) is 4.75. The summed E-state index contributed by atoms with van der Waals surface area (Å²) in [4.78, 5) is 23.3. The Morgan fingerprint density at radius 3 is 2.68 bits per heavy atom. The number of amides is 1. The zero-order valence-electron chi connectivity index (χ0n) is 16.0. The molecule has 3 heterocycles. The van der Waals surface area contributed by atoms with Crippen LogP contribution in [0.15, 0.2) is 36.7 Å². The lowest BCUT2D eigenvalue weighted by Crippen LogP contribution is -2.50. The molecule has 1 amide bonds. The monoisotopic (exact) mass is 400 g/mol. The molecular formula is C19H24N6O2S. The molecule has 0 unspecified atom stereocenters. The number of piperidine rings is 1. The molecule has 0 saturated carbocycles. The van der Waals surface area contributed by atoms with E-state index in [9.17, 15) is 4.79 Å². The van der Waals surface area contributed by atoms with Crippen LogP contribution in [0.3, 0.4) is 0 Å². The fourth-order valence-corrected chi connectivity index (χ4v) is 3.09. The number of hydrazine groups is 1. The molecule has 0 aliphatic carbocycles. The van der Waals surface area contributed by atoms with Crippen LogP contribution in [0.1, 0.15) is 28.9 Å². The van der Waals surface area contributed by atoms with Crippen molar-refractivity contribution in [3.05, 3.63) is 47.9 Å². The minimum atomic E-state index is -0.441. The molecule has 0 radical (unpaired) electrons. The summed E-state index contributed by atoms with van der Waals surface area (Å²) in [5.41, 5.74) is 9.47. The van der Waals surface area contributed by atoms with Gasteiger partial charge in [0.1, 0.15) is 17.5 Å². The second-order valence-corrected chi connectivity index (χ2v) is 7.18. The van der Waals surface area contributed by atoms with E-state index < -0.39 is 5.91 Å². The van der Waals surface area contributed by atoms with E-state index in [1.165, 1.54) is 5.01 Å². The van der Waals surface area contributed by atoms with Crippen LogP contribution in [0, 0.1) is 6.92 Å². The molecule has 28 heavy (non-hydrogen) atoms. The third kappa shape index (κ3) is 4.93. The van der Waals surface area contributed by atoms with Crippen molar-refractivity contribution >= 4 is 29.1 Å². The number of nitrogens with two attached hydrogens (primary N) is 1. The summed E-state index contributed by atoms with van der Waals surface area (Å²) in [5.74, 6) is 0.673. The van der Waals surface area contributed by atoms with E-state index in [2.05, 4.69) is 27.3 Å². The number of carbonyl (C=O) groups excluding carboxylic acids is 1. The van der Waals surface area contributed by atoms with Gasteiger partial charge in [0, 0.05) is 19.3 Å². The van der Waals surface area contributed by atoms with Crippen molar-refractivity contribution in [1.29, 1.82) is 0 Å². The van der Waals surface area contributed by atoms with Gasteiger partial charge in [-0.05, 0) is 62.8 Å². The standard InChI is InChI=1S/C19H24N6O2S/c1-13-4-3-9-21-17(13)25(19(20)28)23-18(26)16-6-5-15(12-22-16)27-14-7-10-24(2)11-8-14/h3-6,9,12,14H,7-8,10-11H2,1-2H3,(H2,20,28)(H,23,26). The Hall–Kier alpha value is -2.78. The highest BCUT2D eigenvalue weighted by Crippen LogP contribution is 2.18. The third-order valence-electron chi connectivity index (χ3n) is 4.56. The van der Waals surface area contributed by atoms with Gasteiger partial charge >= 0.3 is 0 Å². The Bertz CT molecular complexity index is 837. The Morgan fingerprint density at radius 1 is 1.32 bits per heavy atom. The van der Waals surface area contributed by atoms with E-state index in [1.54, 1.807) is 30.6 Å². The Kier molecular flexibility index (Phi) is 6.37. The second kappa shape index (κ2) is 8.94. The Balaban J connectivity index is 1.65. The van der Waals surface area contributed by atoms with Crippen molar-refractivity contribution < 1.29 is 9.53 Å². The number of hydrogen-bond acceptors (Lipinski definition) is 6. The van der Waals surface area contributed by atoms with Crippen LogP contribution in [-0.2, 0) is 0 Å². The molecule has 9 heteroatoms. The molecule has 2 aromatic rings. The number of pyridine rings is 2. The summed E-state index contributed by atoms with van der Waals surface area (Å²) in [5, 5.41) is 1.26. The van der Waals surface area contributed by atoms with Gasteiger partial charge in [-0.1, -0.05) is 6.07 Å². The summed E-state index contributed by atoms with van der Waals surface area (Å²) in [6, 6.07) is 7.01. The van der Waals surface area contributed by atoms with Crippen LogP contribution in [0.5, 0.6) is 5.75 Å². The van der Waals surface area contributed by atoms with Gasteiger partial charge in [0.05, 0.1) is 6.20 Å². The Labute approximate surface area is 169 Å². The number of carbonyl (C=O) groups is 1. The van der Waals surface area contributed by atoms with Gasteiger partial charge in [-0.15, -0.1) is 0 Å². The maximum Gasteiger partial charge on any atom is 0.288 e. The number of rotatable bonds is 4. The molecule has 0 bridgehead atoms. The lowest BCUT2D eigenvalue weighted by Gasteiger charge is -2.29. The maximum atomic E-state index is 12.6. The molecule has 0 aromatic carbocycles. The number of ether oxygens (including phenoxy) is 1. The quantitative estimate of drug-likeness (QED) is 0.591. The lowest BCUT2D eigenvalue weighted by atomic mass is 10.1. The summed E-state index contributed by atoms with van der Waals surface area (Å²) >= 11 is 5.05. The summed E-state index contributed by atoms with van der Waals surface area (Å²) < 4.78 is 5.96. The molecule has 0 atom stereocenters. The minimum Gasteiger partial charge on any atom is -0.489 e. The number of thiocarbonyl (C=S) groups is 1. The molecule has 1 aliphatic rings. The van der Waals surface area contributed by atoms with E-state index in [0.717, 1.165) is 31.5 Å². The number of nitrogens with zero attached hydrogens (tertiary/aromatic N) is 4. The van der Waals surface area contributed by atoms with E-state index in [-0.39, 0.29) is 16.9 Å². The van der Waals surface area contributed by atoms with Gasteiger partial charge in [-0.25, -0.2) is 15.0 Å². The molecule has 3 N–H and O–H groups in total. The van der Waals surface area contributed by atoms with Gasteiger partial charge in [0.2, 0.25) is 0 Å². The second-order valence-electron chi connectivity index (χ2n) is 6.76. The Morgan fingerprint density at radius 2 is 2.07 bits per heavy atom. The lowest BCUT2D eigenvalue weighted by molar-refractivity contribution is 0.0949. The summed E-state index contributed by atoms with van der Waals surface area (Å²) in [6.45, 7) is 3.88. The first-order valence-corrected chi connectivity index (χ1v) is 9.48. The fourth-order valence-electron chi connectivity index (χ4n) is 2.96. The molecule has 1 saturated heterocycles. The first-order chi connectivity index (χ1) is 13.4. The molecular weight excluding hydrogens is 376 g/mol. The molecule has 8 nitrogen and oxygen atoms in total. The fraction of sp³-hybridized carbons (Fsp3) is 0.368. The molecule has 0 spiro atoms. The zero-order valence-corrected chi connectivity index (χ0v) is 16.8. The van der Waals surface area contributed by atoms with Gasteiger partial charge < -0.3 is 15.4 Å². The van der Waals surface area contributed by atoms with Crippen molar-refractivity contribution in [2.24, 2.45) is 5.73 Å². The molecule has 2 aromatic heterocycles. The largest absolute Gasteiger partial charge is 0.489 e. The van der Waals surface area contributed by atoms with Crippen LogP contribution < -0.4 is 20.9 Å². The SMILES string of the molecule is Cc1cccnc1N(NC(=O)c1ccc(OC2CCN(C)CC2)cn1)C(N)=S. The van der Waals surface area contributed by atoms with E-state index >= 15 is 0 Å². The zero-order chi connectivity index (χ0) is 20.1. The van der Waals surface area contributed by atoms with Crippen LogP contribution in [0.2, 0.25) is 0 Å². The number of nitrogens with one attached hydrogen (secondary N) is 1. The van der Waals surface area contributed by atoms with Crippen molar-refractivity contribution in [3.63, 3.8) is 0 Å². The van der Waals surface area contributed by atoms with E-state index in [4.69, 9.17) is 22.7 Å². The van der Waals surface area contributed by atoms with E-state index in [0.29, 0.717) is 11.6 Å². The van der Waals surface area contributed by atoms with Gasteiger partial charge in [-0.2, -0.15) is 0 Å². The first-order valence-electron chi connectivity index (χ1n) is 9.07. The van der Waals surface area contributed by atoms with Crippen LogP contribution >= 0.6 is 12.2 Å².